The minimum absolute atomic E-state index is 0.0299. The fourth-order valence-corrected chi connectivity index (χ4v) is 12.5. The zero-order valence-corrected chi connectivity index (χ0v) is 58.2. The van der Waals surface area contributed by atoms with E-state index in [-0.39, 0.29) is 123 Å². The van der Waals surface area contributed by atoms with Crippen LogP contribution in [0.25, 0.3) is 0 Å². The zero-order chi connectivity index (χ0) is 73.4. The number of carbonyl (C=O) groups excluding carboxylic acids is 12. The van der Waals surface area contributed by atoms with E-state index in [1.807, 2.05) is 64.0 Å². The number of anilines is 1. The average Bonchev–Trinajstić information content (AvgIpc) is 1.79. The Kier molecular flexibility index (Phi) is 26.3. The van der Waals surface area contributed by atoms with Gasteiger partial charge in [0.25, 0.3) is 11.8 Å². The van der Waals surface area contributed by atoms with E-state index in [0.29, 0.717) is 18.4 Å². The van der Waals surface area contributed by atoms with E-state index in [4.69, 9.17) is 13.9 Å². The summed E-state index contributed by atoms with van der Waals surface area (Å²) in [6, 6.07) is 10.1. The van der Waals surface area contributed by atoms with Crippen LogP contribution >= 0.6 is 0 Å². The number of aliphatic hydroxyl groups excluding tert-OH is 1. The Hall–Kier alpha value is -10.6. The number of piperidine rings is 1. The number of hydrogen-bond donors (Lipinski definition) is 6. The number of esters is 2. The molecule has 0 radical (unpaired) electrons. The Morgan fingerprint density at radius 2 is 1.54 bits per heavy atom. The number of cyclic esters (lactones) is 2. The topological polar surface area (TPSA) is 367 Å². The van der Waals surface area contributed by atoms with Gasteiger partial charge in [-0.2, -0.15) is 0 Å². The SMILES string of the molecule is CC1=CC(O)CC(=O)Cc2nc(co2)C(=O)N2CCC=C2C(=O)OC(C(C)C)C(C)C=CC(=O)NCC=C1.CCC1NC(=O)C(NC(=O)c2ncccc2O)C(C)OC(=O)C(c2ccccc2)NC(=O)C2CC(=O)CCN2C(=O)C(Cc2ccc(N(C)C)cc2)N(C)C(=O)C2CCCN2C1=O. The van der Waals surface area contributed by atoms with Crippen LogP contribution in [0, 0.1) is 11.8 Å². The highest BCUT2D eigenvalue weighted by molar-refractivity contribution is 6.02. The maximum absolute atomic E-state index is 15.0. The number of allylic oxidation sites excluding steroid dienone is 2. The van der Waals surface area contributed by atoms with Gasteiger partial charge in [0.2, 0.25) is 41.3 Å². The number of pyridine rings is 1. The summed E-state index contributed by atoms with van der Waals surface area (Å²) in [6.45, 7) is 11.0. The molecule has 9 rings (SSSR count). The maximum atomic E-state index is 15.0. The van der Waals surface area contributed by atoms with Crippen molar-refractivity contribution in [1.82, 2.24) is 50.8 Å². The molecule has 0 spiro atoms. The van der Waals surface area contributed by atoms with E-state index < -0.39 is 119 Å². The quantitative estimate of drug-likeness (QED) is 0.136. The van der Waals surface area contributed by atoms with Crippen LogP contribution in [-0.4, -0.2) is 206 Å². The van der Waals surface area contributed by atoms with Gasteiger partial charge < -0.3 is 69.9 Å². The molecule has 538 valence electrons. The molecule has 6 N–H and O–H groups in total. The molecule has 101 heavy (non-hydrogen) atoms. The third kappa shape index (κ3) is 19.6. The lowest BCUT2D eigenvalue weighted by molar-refractivity contribution is -0.157. The molecule has 2 aromatic carbocycles. The number of amides is 8. The monoisotopic (exact) mass is 1390 g/mol. The number of likely N-dealkylation sites (N-methyl/N-ethyl adjacent to an activating group) is 1. The van der Waals surface area contributed by atoms with Gasteiger partial charge in [0.15, 0.2) is 17.4 Å². The average molecular weight is 1390 g/mol. The second kappa shape index (κ2) is 34.9. The van der Waals surface area contributed by atoms with Crippen LogP contribution in [0.5, 0.6) is 5.75 Å². The summed E-state index contributed by atoms with van der Waals surface area (Å²) in [7, 11) is 5.25. The minimum atomic E-state index is -1.68. The van der Waals surface area contributed by atoms with Crippen molar-refractivity contribution in [3.63, 3.8) is 0 Å². The molecule has 8 amide bonds. The van der Waals surface area contributed by atoms with Crippen LogP contribution in [0.3, 0.4) is 0 Å². The predicted octanol–water partition coefficient (Wildman–Crippen LogP) is 3.93. The van der Waals surface area contributed by atoms with Crippen LogP contribution in [0.2, 0.25) is 0 Å². The lowest BCUT2D eigenvalue weighted by Gasteiger charge is -2.40. The minimum Gasteiger partial charge on any atom is -0.505 e. The van der Waals surface area contributed by atoms with E-state index in [2.05, 4.69) is 31.2 Å². The van der Waals surface area contributed by atoms with E-state index in [0.717, 1.165) is 17.5 Å². The molecule has 0 saturated carbocycles. The highest BCUT2D eigenvalue weighted by Gasteiger charge is 2.46. The molecule has 28 heteroatoms. The van der Waals surface area contributed by atoms with Gasteiger partial charge in [-0.25, -0.2) is 19.6 Å². The molecule has 0 aliphatic carbocycles. The van der Waals surface area contributed by atoms with Crippen molar-refractivity contribution in [2.45, 2.75) is 154 Å². The number of Topliss-reactive ketones (excluding diaryl/α,β-unsaturated/α-hetero) is 2. The fourth-order valence-electron chi connectivity index (χ4n) is 12.5. The van der Waals surface area contributed by atoms with Crippen molar-refractivity contribution in [3.8, 4) is 5.75 Å². The van der Waals surface area contributed by atoms with Crippen LogP contribution in [0.4, 0.5) is 5.69 Å². The van der Waals surface area contributed by atoms with Gasteiger partial charge >= 0.3 is 11.9 Å². The van der Waals surface area contributed by atoms with Gasteiger partial charge in [-0.05, 0) is 86.9 Å². The molecule has 5 aliphatic rings. The molecular weight excluding hydrogens is 1300 g/mol. The van der Waals surface area contributed by atoms with Crippen LogP contribution in [0.15, 0.2) is 131 Å². The predicted molar refractivity (Wildman–Crippen MR) is 366 cm³/mol. The largest absolute Gasteiger partial charge is 0.505 e. The molecule has 28 nitrogen and oxygen atoms in total. The lowest BCUT2D eigenvalue weighted by Crippen LogP contribution is -2.61. The summed E-state index contributed by atoms with van der Waals surface area (Å²) in [5.74, 6) is -8.40. The van der Waals surface area contributed by atoms with Gasteiger partial charge in [-0.3, -0.25) is 47.9 Å². The number of aromatic nitrogens is 2. The third-order valence-corrected chi connectivity index (χ3v) is 18.0. The van der Waals surface area contributed by atoms with E-state index in [1.54, 1.807) is 74.6 Å². The van der Waals surface area contributed by atoms with E-state index >= 15 is 0 Å². The Bertz CT molecular complexity index is 3860. The number of ketones is 2. The number of oxazole rings is 1. The second-order valence-electron chi connectivity index (χ2n) is 26.1. The summed E-state index contributed by atoms with van der Waals surface area (Å²) in [5.41, 5.74) is 2.26. The van der Waals surface area contributed by atoms with Crippen LogP contribution in [-0.2, 0) is 70.3 Å². The molecule has 2 aromatic heterocycles. The Morgan fingerprint density at radius 3 is 2.24 bits per heavy atom. The fraction of sp³-hybridized carbons (Fsp3) is 0.452. The molecule has 10 atom stereocenters. The number of benzene rings is 2. The van der Waals surface area contributed by atoms with Crippen molar-refractivity contribution in [3.05, 3.63) is 155 Å². The molecule has 2 bridgehead atoms. The highest BCUT2D eigenvalue weighted by Crippen LogP contribution is 2.29. The number of ether oxygens (including phenoxy) is 2. The van der Waals surface area contributed by atoms with Crippen LogP contribution < -0.4 is 26.2 Å². The molecule has 4 aromatic rings. The van der Waals surface area contributed by atoms with Gasteiger partial charge in [-0.15, -0.1) is 0 Å². The van der Waals surface area contributed by atoms with Gasteiger partial charge in [0.1, 0.15) is 71.7 Å². The van der Waals surface area contributed by atoms with Crippen molar-refractivity contribution in [1.29, 1.82) is 0 Å². The number of hydrogen-bond acceptors (Lipinski definition) is 20. The Balaban J connectivity index is 0.000000291. The Labute approximate surface area is 585 Å². The number of rotatable bonds is 8. The smallest absolute Gasteiger partial charge is 0.355 e. The summed E-state index contributed by atoms with van der Waals surface area (Å²) >= 11 is 0. The Morgan fingerprint density at radius 1 is 0.822 bits per heavy atom. The normalized spacial score (nSPS) is 25.1. The second-order valence-corrected chi connectivity index (χ2v) is 26.1. The van der Waals surface area contributed by atoms with Crippen molar-refractivity contribution >= 4 is 76.4 Å². The summed E-state index contributed by atoms with van der Waals surface area (Å²) in [6.07, 6.45) is 9.66. The molecule has 3 fully saturated rings. The standard InChI is InChI=1S/C45H54N8O10.C28H35N3O7/c1-6-31-42(59)52-22-11-14-32(52)43(60)51(5)34(24-27-16-18-29(19-17-27)50(3)4)44(61)53-23-20-30(54)25-33(53)39(56)49-37(28-12-8-7-9-13-28)45(62)63-26(2)36(40(57)47-31)48-41(58)38-35(55)15-10-21-46-38;1-17(2)26-19(4)9-10-24(34)29-11-5-7-18(3)13-20(32)14-21(33)15-25-30-22(16-37-25)27(35)31-12-6-8-23(31)28(36)38-26/h7-10,12-13,15-19,21,26,31-34,36-37,55H,6,11,14,20,22-25H2,1-5H3,(H,47,57)(H,48,58)(H,49,56);5,7-10,13,16-17,19-20,26,32H,6,11-12,14-15H2,1-4H3,(H,29,34). The number of nitrogens with one attached hydrogen (secondary N) is 4. The molecule has 10 unspecified atom stereocenters. The first kappa shape index (κ1) is 76.1. The summed E-state index contributed by atoms with van der Waals surface area (Å²) < 4.78 is 17.0. The summed E-state index contributed by atoms with van der Waals surface area (Å²) in [5, 5.41) is 31.2. The number of aromatic hydroxyl groups is 1. The van der Waals surface area contributed by atoms with Crippen LogP contribution in [0.1, 0.15) is 131 Å². The first-order chi connectivity index (χ1) is 48.1. The number of fused-ring (bicyclic) bond motifs is 5. The van der Waals surface area contributed by atoms with Crippen molar-refractivity contribution in [2.75, 3.05) is 52.2 Å². The number of nitrogens with zero attached hydrogens (tertiary/aromatic N) is 7. The van der Waals surface area contributed by atoms with E-state index in [1.165, 1.54) is 58.0 Å². The molecular formula is C73H89N11O17. The molecule has 7 heterocycles. The van der Waals surface area contributed by atoms with Crippen molar-refractivity contribution in [2.24, 2.45) is 11.8 Å². The van der Waals surface area contributed by atoms with Crippen molar-refractivity contribution < 1.29 is 81.6 Å². The first-order valence-electron chi connectivity index (χ1n) is 33.8. The highest BCUT2D eigenvalue weighted by atomic mass is 16.6. The zero-order valence-electron chi connectivity index (χ0n) is 58.2. The first-order valence-corrected chi connectivity index (χ1v) is 33.8. The third-order valence-electron chi connectivity index (χ3n) is 18.0. The summed E-state index contributed by atoms with van der Waals surface area (Å²) in [4.78, 5) is 180. The molecule has 3 saturated heterocycles. The number of carbonyl (C=O) groups is 12. The van der Waals surface area contributed by atoms with Gasteiger partial charge in [-0.1, -0.05) is 106 Å². The van der Waals surface area contributed by atoms with Gasteiger partial charge in [0.05, 0.1) is 12.5 Å². The maximum Gasteiger partial charge on any atom is 0.355 e. The molecule has 5 aliphatic heterocycles. The van der Waals surface area contributed by atoms with E-state index in [9.17, 15) is 67.7 Å². The number of aliphatic hydroxyl groups is 1. The van der Waals surface area contributed by atoms with Gasteiger partial charge in [0, 0.05) is 90.8 Å². The lowest BCUT2D eigenvalue weighted by atomic mass is 9.94.